The topological polar surface area (TPSA) is 95.0 Å². The van der Waals surface area contributed by atoms with Crippen LogP contribution in [0.15, 0.2) is 46.8 Å². The van der Waals surface area contributed by atoms with Gasteiger partial charge in [-0.2, -0.15) is 0 Å². The Morgan fingerprint density at radius 1 is 1.12 bits per heavy atom. The molecular weight excluding hydrogens is 318 g/mol. The monoisotopic (exact) mass is 341 g/mol. The lowest BCUT2D eigenvalue weighted by molar-refractivity contribution is 0.141. The van der Waals surface area contributed by atoms with E-state index in [4.69, 9.17) is 15.4 Å². The summed E-state index contributed by atoms with van der Waals surface area (Å²) in [6, 6.07) is 9.35. The third kappa shape index (κ3) is 5.87. The lowest BCUT2D eigenvalue weighted by atomic mass is 10.2. The molecule has 25 heavy (non-hydrogen) atoms. The number of aryl methyl sites for hydroxylation is 1. The molecule has 7 heteroatoms. The van der Waals surface area contributed by atoms with Gasteiger partial charge in [0, 0.05) is 17.6 Å². The van der Waals surface area contributed by atoms with Crippen molar-refractivity contribution in [1.29, 1.82) is 0 Å². The van der Waals surface area contributed by atoms with Gasteiger partial charge in [0.2, 0.25) is 0 Å². The first-order chi connectivity index (χ1) is 12.1. The SMILES string of the molecule is CO/N=C(\C)c1cccc(CCCO/N=C(\C)c2cc(N)ccn2)n1. The second kappa shape index (κ2) is 9.36. The largest absolute Gasteiger partial charge is 0.399 e. The summed E-state index contributed by atoms with van der Waals surface area (Å²) in [6.45, 7) is 4.20. The number of nitrogens with two attached hydrogens (primary N) is 1. The summed E-state index contributed by atoms with van der Waals surface area (Å²) >= 11 is 0. The van der Waals surface area contributed by atoms with E-state index in [1.54, 1.807) is 18.3 Å². The number of nitrogens with zero attached hydrogens (tertiary/aromatic N) is 4. The van der Waals surface area contributed by atoms with Crippen LogP contribution in [0.3, 0.4) is 0 Å². The van der Waals surface area contributed by atoms with Gasteiger partial charge in [0.05, 0.1) is 11.4 Å². The molecule has 0 aliphatic heterocycles. The minimum Gasteiger partial charge on any atom is -0.399 e. The Labute approximate surface area is 147 Å². The van der Waals surface area contributed by atoms with Crippen molar-refractivity contribution in [3.05, 3.63) is 53.6 Å². The molecule has 0 unspecified atom stereocenters. The van der Waals surface area contributed by atoms with E-state index in [0.29, 0.717) is 23.7 Å². The summed E-state index contributed by atoms with van der Waals surface area (Å²) in [5, 5.41) is 7.98. The van der Waals surface area contributed by atoms with E-state index in [9.17, 15) is 0 Å². The Kier molecular flexibility index (Phi) is 6.88. The molecule has 7 nitrogen and oxygen atoms in total. The number of hydrogen-bond donors (Lipinski definition) is 1. The van der Waals surface area contributed by atoms with Crippen LogP contribution in [0.5, 0.6) is 0 Å². The van der Waals surface area contributed by atoms with Crippen molar-refractivity contribution in [2.24, 2.45) is 10.3 Å². The van der Waals surface area contributed by atoms with E-state index in [1.165, 1.54) is 7.11 Å². The summed E-state index contributed by atoms with van der Waals surface area (Å²) in [5.41, 5.74) is 10.3. The van der Waals surface area contributed by atoms with Gasteiger partial charge in [-0.25, -0.2) is 0 Å². The summed E-state index contributed by atoms with van der Waals surface area (Å²) in [6.07, 6.45) is 3.24. The zero-order valence-corrected chi connectivity index (χ0v) is 14.8. The Hall–Kier alpha value is -2.96. The van der Waals surface area contributed by atoms with Gasteiger partial charge in [0.1, 0.15) is 25.1 Å². The summed E-state index contributed by atoms with van der Waals surface area (Å²) in [4.78, 5) is 18.9. The van der Waals surface area contributed by atoms with Crippen LogP contribution in [-0.2, 0) is 16.1 Å². The second-order valence-corrected chi connectivity index (χ2v) is 5.46. The van der Waals surface area contributed by atoms with E-state index < -0.39 is 0 Å². The third-order valence-corrected chi connectivity index (χ3v) is 3.43. The van der Waals surface area contributed by atoms with Crippen molar-refractivity contribution in [3.63, 3.8) is 0 Å². The summed E-state index contributed by atoms with van der Waals surface area (Å²) in [5.74, 6) is 0. The summed E-state index contributed by atoms with van der Waals surface area (Å²) < 4.78 is 0. The van der Waals surface area contributed by atoms with E-state index in [2.05, 4.69) is 20.3 Å². The predicted octanol–water partition coefficient (Wildman–Crippen LogP) is 2.80. The molecule has 0 fully saturated rings. The average molecular weight is 341 g/mol. The van der Waals surface area contributed by atoms with Crippen molar-refractivity contribution in [3.8, 4) is 0 Å². The quantitative estimate of drug-likeness (QED) is 0.452. The minimum absolute atomic E-state index is 0.497. The summed E-state index contributed by atoms with van der Waals surface area (Å²) in [7, 11) is 1.52. The molecule has 2 N–H and O–H groups in total. The molecule has 2 heterocycles. The molecule has 132 valence electrons. The molecule has 0 bridgehead atoms. The van der Waals surface area contributed by atoms with Crippen molar-refractivity contribution in [1.82, 2.24) is 9.97 Å². The molecule has 0 saturated heterocycles. The first kappa shape index (κ1) is 18.4. The molecule has 0 radical (unpaired) electrons. The Balaban J connectivity index is 1.82. The fraction of sp³-hybridized carbons (Fsp3) is 0.333. The van der Waals surface area contributed by atoms with Crippen LogP contribution in [-0.4, -0.2) is 35.1 Å². The maximum absolute atomic E-state index is 5.73. The lowest BCUT2D eigenvalue weighted by Crippen LogP contribution is -2.04. The number of anilines is 1. The van der Waals surface area contributed by atoms with Crippen LogP contribution in [0.1, 0.15) is 37.4 Å². The second-order valence-electron chi connectivity index (χ2n) is 5.46. The standard InChI is InChI=1S/C18H23N5O2/c1-13(22-24-3)17-8-4-6-16(21-17)7-5-11-25-23-14(2)18-12-15(19)9-10-20-18/h4,6,8-10,12H,5,7,11H2,1-3H3,(H2,19,20)/b22-13+,23-14+. The van der Waals surface area contributed by atoms with Crippen LogP contribution in [0.25, 0.3) is 0 Å². The van der Waals surface area contributed by atoms with Gasteiger partial charge in [-0.05, 0) is 51.0 Å². The van der Waals surface area contributed by atoms with E-state index in [0.717, 1.165) is 29.9 Å². The number of hydrogen-bond acceptors (Lipinski definition) is 7. The molecule has 0 atom stereocenters. The van der Waals surface area contributed by atoms with Crippen LogP contribution in [0.2, 0.25) is 0 Å². The Morgan fingerprint density at radius 2 is 1.92 bits per heavy atom. The maximum atomic E-state index is 5.73. The fourth-order valence-corrected chi connectivity index (χ4v) is 2.16. The number of pyridine rings is 2. The van der Waals surface area contributed by atoms with Crippen molar-refractivity contribution in [2.45, 2.75) is 26.7 Å². The van der Waals surface area contributed by atoms with E-state index in [-0.39, 0.29) is 0 Å². The smallest absolute Gasteiger partial charge is 0.117 e. The molecule has 0 spiro atoms. The number of rotatable bonds is 8. The van der Waals surface area contributed by atoms with Crippen LogP contribution in [0.4, 0.5) is 5.69 Å². The maximum Gasteiger partial charge on any atom is 0.117 e. The van der Waals surface area contributed by atoms with Crippen LogP contribution >= 0.6 is 0 Å². The van der Waals surface area contributed by atoms with E-state index in [1.807, 2.05) is 32.0 Å². The highest BCUT2D eigenvalue weighted by Gasteiger charge is 2.03. The van der Waals surface area contributed by atoms with Gasteiger partial charge in [0.25, 0.3) is 0 Å². The highest BCUT2D eigenvalue weighted by atomic mass is 16.6. The Morgan fingerprint density at radius 3 is 2.68 bits per heavy atom. The predicted molar refractivity (Wildman–Crippen MR) is 98.6 cm³/mol. The fourth-order valence-electron chi connectivity index (χ4n) is 2.16. The van der Waals surface area contributed by atoms with Gasteiger partial charge < -0.3 is 15.4 Å². The highest BCUT2D eigenvalue weighted by Crippen LogP contribution is 2.06. The first-order valence-electron chi connectivity index (χ1n) is 8.02. The third-order valence-electron chi connectivity index (χ3n) is 3.43. The molecule has 0 saturated carbocycles. The van der Waals surface area contributed by atoms with Gasteiger partial charge in [-0.1, -0.05) is 16.4 Å². The lowest BCUT2D eigenvalue weighted by Gasteiger charge is -2.05. The number of oxime groups is 2. The molecule has 0 amide bonds. The van der Waals surface area contributed by atoms with Crippen LogP contribution in [0, 0.1) is 0 Å². The highest BCUT2D eigenvalue weighted by molar-refractivity contribution is 5.97. The average Bonchev–Trinajstić information content (AvgIpc) is 2.61. The van der Waals surface area contributed by atoms with Crippen molar-refractivity contribution < 1.29 is 9.68 Å². The molecule has 2 aromatic heterocycles. The molecule has 0 aromatic carbocycles. The molecule has 0 aliphatic carbocycles. The first-order valence-corrected chi connectivity index (χ1v) is 8.02. The van der Waals surface area contributed by atoms with Crippen LogP contribution < -0.4 is 5.73 Å². The molecule has 0 aliphatic rings. The van der Waals surface area contributed by atoms with Crippen molar-refractivity contribution >= 4 is 17.1 Å². The van der Waals surface area contributed by atoms with E-state index >= 15 is 0 Å². The van der Waals surface area contributed by atoms with Crippen molar-refractivity contribution in [2.75, 3.05) is 19.5 Å². The van der Waals surface area contributed by atoms with Gasteiger partial charge >= 0.3 is 0 Å². The van der Waals surface area contributed by atoms with Gasteiger partial charge in [0.15, 0.2) is 0 Å². The zero-order valence-electron chi connectivity index (χ0n) is 14.8. The molecule has 2 rings (SSSR count). The molecule has 2 aromatic rings. The number of nitrogen functional groups attached to an aromatic ring is 1. The Bertz CT molecular complexity index is 759. The van der Waals surface area contributed by atoms with Gasteiger partial charge in [-0.15, -0.1) is 0 Å². The molecular formula is C18H23N5O2. The normalized spacial score (nSPS) is 12.1. The zero-order chi connectivity index (χ0) is 18.1. The van der Waals surface area contributed by atoms with Gasteiger partial charge in [-0.3, -0.25) is 9.97 Å². The minimum atomic E-state index is 0.497. The number of aromatic nitrogens is 2.